The van der Waals surface area contributed by atoms with Crippen LogP contribution in [-0.2, 0) is 4.79 Å². The highest BCUT2D eigenvalue weighted by Gasteiger charge is 2.17. The molecule has 0 saturated carbocycles. The maximum atomic E-state index is 12.3. The Kier molecular flexibility index (Phi) is 5.12. The molecule has 28 heavy (non-hydrogen) atoms. The number of hydrogen-bond donors (Lipinski definition) is 1. The zero-order valence-electron chi connectivity index (χ0n) is 15.0. The van der Waals surface area contributed by atoms with Crippen molar-refractivity contribution >= 4 is 34.3 Å². The second-order valence-corrected chi connectivity index (χ2v) is 6.84. The molecule has 0 bridgehead atoms. The van der Waals surface area contributed by atoms with Crippen LogP contribution < -0.4 is 25.2 Å². The summed E-state index contributed by atoms with van der Waals surface area (Å²) in [6.45, 7) is 0.789. The second kappa shape index (κ2) is 7.85. The maximum Gasteiger partial charge on any atom is 0.336 e. The van der Waals surface area contributed by atoms with Crippen LogP contribution in [0.15, 0.2) is 56.6 Å². The first-order valence-corrected chi connectivity index (χ1v) is 9.79. The van der Waals surface area contributed by atoms with Crippen molar-refractivity contribution in [3.05, 3.63) is 52.9 Å². The summed E-state index contributed by atoms with van der Waals surface area (Å²) in [4.78, 5) is 24.5. The van der Waals surface area contributed by atoms with Gasteiger partial charge in [-0.2, -0.15) is 0 Å². The molecule has 0 unspecified atom stereocenters. The van der Waals surface area contributed by atoms with Crippen molar-refractivity contribution in [2.24, 2.45) is 0 Å². The van der Waals surface area contributed by atoms with Crippen LogP contribution in [0.3, 0.4) is 0 Å². The quantitative estimate of drug-likeness (QED) is 0.520. The average Bonchev–Trinajstić information content (AvgIpc) is 2.71. The molecule has 2 aromatic carbocycles. The van der Waals surface area contributed by atoms with E-state index in [1.807, 2.05) is 12.3 Å². The van der Waals surface area contributed by atoms with Crippen molar-refractivity contribution in [1.29, 1.82) is 0 Å². The average molecular weight is 399 g/mol. The lowest BCUT2D eigenvalue weighted by Crippen LogP contribution is -2.21. The van der Waals surface area contributed by atoms with E-state index in [-0.39, 0.29) is 12.5 Å². The third kappa shape index (κ3) is 3.91. The molecular formula is C20H17NO6S. The number of carbonyl (C=O) groups excluding carboxylic acids is 1. The van der Waals surface area contributed by atoms with Crippen LogP contribution in [0.25, 0.3) is 11.0 Å². The number of hydrogen-bond acceptors (Lipinski definition) is 7. The molecule has 4 rings (SSSR count). The largest absolute Gasteiger partial charge is 0.486 e. The van der Waals surface area contributed by atoms with E-state index < -0.39 is 5.63 Å². The highest BCUT2D eigenvalue weighted by molar-refractivity contribution is 7.98. The molecule has 0 spiro atoms. The number of fused-ring (bicyclic) bond motifs is 2. The molecule has 8 heteroatoms. The molecular weight excluding hydrogens is 382 g/mol. The van der Waals surface area contributed by atoms with E-state index in [0.29, 0.717) is 41.7 Å². The minimum Gasteiger partial charge on any atom is -0.486 e. The Morgan fingerprint density at radius 3 is 2.64 bits per heavy atom. The van der Waals surface area contributed by atoms with Gasteiger partial charge in [0.05, 0.1) is 5.69 Å². The molecule has 0 radical (unpaired) electrons. The van der Waals surface area contributed by atoms with Crippen molar-refractivity contribution < 1.29 is 23.4 Å². The molecule has 1 aromatic heterocycles. The third-order valence-corrected chi connectivity index (χ3v) is 4.88. The summed E-state index contributed by atoms with van der Waals surface area (Å²) in [5.74, 6) is 1.39. The fourth-order valence-corrected chi connectivity index (χ4v) is 3.36. The number of carbonyl (C=O) groups is 1. The molecule has 2 heterocycles. The van der Waals surface area contributed by atoms with E-state index in [1.165, 1.54) is 17.8 Å². The lowest BCUT2D eigenvalue weighted by Gasteiger charge is -2.21. The summed E-state index contributed by atoms with van der Waals surface area (Å²) in [6.07, 6.45) is 1.92. The summed E-state index contributed by atoms with van der Waals surface area (Å²) in [5.41, 5.74) is 0.599. The van der Waals surface area contributed by atoms with Gasteiger partial charge in [0.2, 0.25) is 0 Å². The van der Waals surface area contributed by atoms with Gasteiger partial charge in [-0.05, 0) is 30.5 Å². The number of amides is 1. The van der Waals surface area contributed by atoms with Crippen molar-refractivity contribution in [2.75, 3.05) is 31.4 Å². The smallest absolute Gasteiger partial charge is 0.336 e. The summed E-state index contributed by atoms with van der Waals surface area (Å²) >= 11 is 1.49. The van der Waals surface area contributed by atoms with E-state index >= 15 is 0 Å². The van der Waals surface area contributed by atoms with Crippen LogP contribution in [0.2, 0.25) is 0 Å². The highest BCUT2D eigenvalue weighted by Crippen LogP contribution is 2.39. The molecule has 0 saturated heterocycles. The standard InChI is InChI=1S/C20H17NO6S/c1-28-18-10-17-16(24-6-7-25-17)9-14(18)21-19(22)11-26-13-4-2-12-3-5-20(23)27-15(12)8-13/h2-5,8-10H,6-7,11H2,1H3,(H,21,22). The van der Waals surface area contributed by atoms with E-state index in [2.05, 4.69) is 5.32 Å². The molecule has 1 amide bonds. The number of nitrogens with one attached hydrogen (secondary N) is 1. The summed E-state index contributed by atoms with van der Waals surface area (Å²) in [7, 11) is 0. The second-order valence-electron chi connectivity index (χ2n) is 5.99. The van der Waals surface area contributed by atoms with Gasteiger partial charge in [0.15, 0.2) is 18.1 Å². The van der Waals surface area contributed by atoms with Crippen molar-refractivity contribution in [3.8, 4) is 17.2 Å². The Labute approximate surface area is 164 Å². The van der Waals surface area contributed by atoms with Crippen molar-refractivity contribution in [2.45, 2.75) is 4.90 Å². The molecule has 7 nitrogen and oxygen atoms in total. The lowest BCUT2D eigenvalue weighted by molar-refractivity contribution is -0.118. The molecule has 0 aliphatic carbocycles. The van der Waals surface area contributed by atoms with Crippen LogP contribution in [0.4, 0.5) is 5.69 Å². The Hall–Kier alpha value is -3.13. The van der Waals surface area contributed by atoms with Gasteiger partial charge < -0.3 is 23.9 Å². The van der Waals surface area contributed by atoms with Gasteiger partial charge in [-0.3, -0.25) is 4.79 Å². The van der Waals surface area contributed by atoms with Crippen LogP contribution >= 0.6 is 11.8 Å². The predicted molar refractivity (Wildman–Crippen MR) is 106 cm³/mol. The molecule has 0 atom stereocenters. The number of anilines is 1. The van der Waals surface area contributed by atoms with Gasteiger partial charge in [-0.15, -0.1) is 11.8 Å². The lowest BCUT2D eigenvalue weighted by atomic mass is 10.2. The number of thioether (sulfide) groups is 1. The van der Waals surface area contributed by atoms with Gasteiger partial charge in [-0.1, -0.05) is 0 Å². The third-order valence-electron chi connectivity index (χ3n) is 4.10. The van der Waals surface area contributed by atoms with Crippen LogP contribution in [0.5, 0.6) is 17.2 Å². The van der Waals surface area contributed by atoms with Crippen LogP contribution in [-0.4, -0.2) is 32.0 Å². The number of benzene rings is 2. The summed E-state index contributed by atoms with van der Waals surface area (Å²) < 4.78 is 21.8. The van der Waals surface area contributed by atoms with Gasteiger partial charge in [0.1, 0.15) is 24.5 Å². The first kappa shape index (κ1) is 18.2. The topological polar surface area (TPSA) is 87.0 Å². The maximum absolute atomic E-state index is 12.3. The molecule has 0 fully saturated rings. The van der Waals surface area contributed by atoms with Gasteiger partial charge in [0.25, 0.3) is 5.91 Å². The molecule has 1 aliphatic heterocycles. The molecule has 1 aliphatic rings. The predicted octanol–water partition coefficient (Wildman–Crippen LogP) is 3.30. The van der Waals surface area contributed by atoms with E-state index in [9.17, 15) is 9.59 Å². The first-order chi connectivity index (χ1) is 13.6. The van der Waals surface area contributed by atoms with E-state index in [1.54, 1.807) is 30.3 Å². The minimum atomic E-state index is -0.439. The fraction of sp³-hybridized carbons (Fsp3) is 0.200. The SMILES string of the molecule is CSc1cc2c(cc1NC(=O)COc1ccc3ccc(=O)oc3c1)OCCO2. The number of ether oxygens (including phenoxy) is 3. The van der Waals surface area contributed by atoms with Crippen molar-refractivity contribution in [1.82, 2.24) is 0 Å². The Morgan fingerprint density at radius 2 is 1.86 bits per heavy atom. The molecule has 1 N–H and O–H groups in total. The monoisotopic (exact) mass is 399 g/mol. The Bertz CT molecular complexity index is 1090. The number of rotatable bonds is 5. The van der Waals surface area contributed by atoms with Crippen LogP contribution in [0.1, 0.15) is 0 Å². The summed E-state index contributed by atoms with van der Waals surface area (Å²) in [5, 5.41) is 3.61. The minimum absolute atomic E-state index is 0.190. The van der Waals surface area contributed by atoms with Gasteiger partial charge >= 0.3 is 5.63 Å². The highest BCUT2D eigenvalue weighted by atomic mass is 32.2. The van der Waals surface area contributed by atoms with Crippen LogP contribution in [0, 0.1) is 0 Å². The zero-order valence-corrected chi connectivity index (χ0v) is 15.8. The van der Waals surface area contributed by atoms with Crippen molar-refractivity contribution in [3.63, 3.8) is 0 Å². The van der Waals surface area contributed by atoms with Gasteiger partial charge in [0, 0.05) is 28.5 Å². The molecule has 144 valence electrons. The first-order valence-electron chi connectivity index (χ1n) is 8.56. The summed E-state index contributed by atoms with van der Waals surface area (Å²) in [6, 6.07) is 11.7. The van der Waals surface area contributed by atoms with Gasteiger partial charge in [-0.25, -0.2) is 4.79 Å². The zero-order chi connectivity index (χ0) is 19.5. The fourth-order valence-electron chi connectivity index (χ4n) is 2.80. The van der Waals surface area contributed by atoms with E-state index in [0.717, 1.165) is 10.3 Å². The normalized spacial score (nSPS) is 12.6. The Morgan fingerprint density at radius 1 is 1.11 bits per heavy atom. The Balaban J connectivity index is 1.45. The van der Waals surface area contributed by atoms with E-state index in [4.69, 9.17) is 18.6 Å². The molecule has 3 aromatic rings.